The van der Waals surface area contributed by atoms with E-state index < -0.39 is 10.0 Å². The monoisotopic (exact) mass is 406 g/mol. The number of carbonyl (C=O) groups is 1. The van der Waals surface area contributed by atoms with E-state index in [1.807, 2.05) is 24.3 Å². The Morgan fingerprint density at radius 1 is 1.07 bits per heavy atom. The van der Waals surface area contributed by atoms with Gasteiger partial charge >= 0.3 is 0 Å². The van der Waals surface area contributed by atoms with Gasteiger partial charge in [-0.25, -0.2) is 8.42 Å². The van der Waals surface area contributed by atoms with Crippen LogP contribution in [0.4, 0.5) is 5.69 Å². The standard InChI is InChI=1S/C20H26N2O5S/c1-26-18-11-6-10-17(14-18)22(28(3,24)25)15-20(23)21-13-7-9-16-8-4-5-12-19(16)27-2/h4-6,8,10-12,14H,7,9,13,15H2,1-3H3,(H,21,23). The quantitative estimate of drug-likeness (QED) is 0.612. The average Bonchev–Trinajstić information content (AvgIpc) is 2.68. The molecule has 2 aromatic carbocycles. The molecule has 0 radical (unpaired) electrons. The minimum atomic E-state index is -3.62. The Balaban J connectivity index is 1.93. The SMILES string of the molecule is COc1cccc(N(CC(=O)NCCCc2ccccc2OC)S(C)(=O)=O)c1. The molecular weight excluding hydrogens is 380 g/mol. The number of ether oxygens (including phenoxy) is 2. The third-order valence-corrected chi connectivity index (χ3v) is 5.31. The van der Waals surface area contributed by atoms with E-state index in [2.05, 4.69) is 5.32 Å². The zero-order valence-corrected chi connectivity index (χ0v) is 17.2. The van der Waals surface area contributed by atoms with Gasteiger partial charge in [0.25, 0.3) is 0 Å². The fraction of sp³-hybridized carbons (Fsp3) is 0.350. The Kier molecular flexibility index (Phi) is 7.69. The zero-order valence-electron chi connectivity index (χ0n) is 16.3. The first-order valence-electron chi connectivity index (χ1n) is 8.85. The van der Waals surface area contributed by atoms with E-state index in [9.17, 15) is 13.2 Å². The van der Waals surface area contributed by atoms with Gasteiger partial charge in [0.2, 0.25) is 15.9 Å². The van der Waals surface area contributed by atoms with Crippen LogP contribution in [-0.4, -0.2) is 47.9 Å². The lowest BCUT2D eigenvalue weighted by atomic mass is 10.1. The molecule has 1 N–H and O–H groups in total. The Labute approximate surface area is 166 Å². The highest BCUT2D eigenvalue weighted by Gasteiger charge is 2.21. The van der Waals surface area contributed by atoms with Crippen LogP contribution in [0.1, 0.15) is 12.0 Å². The van der Waals surface area contributed by atoms with Crippen molar-refractivity contribution < 1.29 is 22.7 Å². The van der Waals surface area contributed by atoms with Gasteiger partial charge in [0.1, 0.15) is 18.0 Å². The normalized spacial score (nSPS) is 11.0. The van der Waals surface area contributed by atoms with E-state index in [-0.39, 0.29) is 12.5 Å². The van der Waals surface area contributed by atoms with Crippen molar-refractivity contribution in [3.8, 4) is 11.5 Å². The van der Waals surface area contributed by atoms with Gasteiger partial charge in [-0.1, -0.05) is 24.3 Å². The van der Waals surface area contributed by atoms with Crippen LogP contribution < -0.4 is 19.1 Å². The molecule has 0 saturated heterocycles. The molecule has 2 aromatic rings. The zero-order chi connectivity index (χ0) is 20.6. The molecule has 0 unspecified atom stereocenters. The van der Waals surface area contributed by atoms with E-state index in [4.69, 9.17) is 9.47 Å². The molecule has 0 heterocycles. The van der Waals surface area contributed by atoms with Gasteiger partial charge in [0.15, 0.2) is 0 Å². The van der Waals surface area contributed by atoms with Crippen molar-refractivity contribution in [2.45, 2.75) is 12.8 Å². The maximum atomic E-state index is 12.3. The van der Waals surface area contributed by atoms with Crippen molar-refractivity contribution in [1.82, 2.24) is 5.32 Å². The minimum absolute atomic E-state index is 0.291. The van der Waals surface area contributed by atoms with Crippen molar-refractivity contribution in [3.63, 3.8) is 0 Å². The summed E-state index contributed by atoms with van der Waals surface area (Å²) in [5.41, 5.74) is 1.44. The first-order valence-corrected chi connectivity index (χ1v) is 10.7. The number of para-hydroxylation sites is 1. The third-order valence-electron chi connectivity index (χ3n) is 4.17. The number of hydrogen-bond donors (Lipinski definition) is 1. The molecule has 0 atom stereocenters. The number of nitrogens with one attached hydrogen (secondary N) is 1. The van der Waals surface area contributed by atoms with E-state index in [0.717, 1.165) is 28.3 Å². The Hall–Kier alpha value is -2.74. The fourth-order valence-corrected chi connectivity index (χ4v) is 3.62. The summed E-state index contributed by atoms with van der Waals surface area (Å²) in [6, 6.07) is 14.3. The van der Waals surface area contributed by atoms with Gasteiger partial charge in [0.05, 0.1) is 26.2 Å². The summed E-state index contributed by atoms with van der Waals surface area (Å²) in [6.07, 6.45) is 2.53. The van der Waals surface area contributed by atoms with E-state index in [1.54, 1.807) is 31.4 Å². The molecule has 152 valence electrons. The highest BCUT2D eigenvalue weighted by atomic mass is 32.2. The van der Waals surface area contributed by atoms with Gasteiger partial charge in [-0.2, -0.15) is 0 Å². The van der Waals surface area contributed by atoms with Crippen molar-refractivity contribution in [2.75, 3.05) is 37.9 Å². The molecular formula is C20H26N2O5S. The second-order valence-corrected chi connectivity index (χ2v) is 8.14. The smallest absolute Gasteiger partial charge is 0.240 e. The van der Waals surface area contributed by atoms with Gasteiger partial charge in [-0.05, 0) is 36.6 Å². The summed E-state index contributed by atoms with van der Waals surface area (Å²) < 4.78 is 35.8. The molecule has 2 rings (SSSR count). The van der Waals surface area contributed by atoms with Crippen molar-refractivity contribution in [1.29, 1.82) is 0 Å². The average molecular weight is 407 g/mol. The van der Waals surface area contributed by atoms with Crippen molar-refractivity contribution in [3.05, 3.63) is 54.1 Å². The minimum Gasteiger partial charge on any atom is -0.497 e. The third kappa shape index (κ3) is 6.16. The summed E-state index contributed by atoms with van der Waals surface area (Å²) in [5, 5.41) is 2.77. The Bertz CT molecular complexity index is 899. The van der Waals surface area contributed by atoms with Crippen LogP contribution in [0, 0.1) is 0 Å². The number of anilines is 1. The van der Waals surface area contributed by atoms with Crippen molar-refractivity contribution >= 4 is 21.6 Å². The maximum Gasteiger partial charge on any atom is 0.240 e. The van der Waals surface area contributed by atoms with Crippen LogP contribution in [0.25, 0.3) is 0 Å². The summed E-state index contributed by atoms with van der Waals surface area (Å²) in [7, 11) is -0.498. The molecule has 28 heavy (non-hydrogen) atoms. The first-order chi connectivity index (χ1) is 13.3. The number of aryl methyl sites for hydroxylation is 1. The number of benzene rings is 2. The molecule has 0 bridgehead atoms. The number of amides is 1. The molecule has 7 nitrogen and oxygen atoms in total. The molecule has 0 aliphatic heterocycles. The lowest BCUT2D eigenvalue weighted by molar-refractivity contribution is -0.119. The molecule has 0 spiro atoms. The first kappa shape index (κ1) is 21.6. The predicted octanol–water partition coefficient (Wildman–Crippen LogP) is 2.22. The lowest BCUT2D eigenvalue weighted by Crippen LogP contribution is -2.40. The number of carbonyl (C=O) groups excluding carboxylic acids is 1. The highest BCUT2D eigenvalue weighted by Crippen LogP contribution is 2.23. The van der Waals surface area contributed by atoms with E-state index in [1.165, 1.54) is 7.11 Å². The topological polar surface area (TPSA) is 84.9 Å². The maximum absolute atomic E-state index is 12.3. The number of methoxy groups -OCH3 is 2. The number of hydrogen-bond acceptors (Lipinski definition) is 5. The summed E-state index contributed by atoms with van der Waals surface area (Å²) in [4.78, 5) is 12.3. The lowest BCUT2D eigenvalue weighted by Gasteiger charge is -2.22. The van der Waals surface area contributed by atoms with Crippen molar-refractivity contribution in [2.24, 2.45) is 0 Å². The summed E-state index contributed by atoms with van der Waals surface area (Å²) in [5.74, 6) is 0.965. The van der Waals surface area contributed by atoms with E-state index >= 15 is 0 Å². The summed E-state index contributed by atoms with van der Waals surface area (Å²) in [6.45, 7) is 0.146. The van der Waals surface area contributed by atoms with E-state index in [0.29, 0.717) is 24.4 Å². The van der Waals surface area contributed by atoms with Crippen LogP contribution in [0.2, 0.25) is 0 Å². The van der Waals surface area contributed by atoms with Gasteiger partial charge < -0.3 is 14.8 Å². The second-order valence-electron chi connectivity index (χ2n) is 6.24. The van der Waals surface area contributed by atoms with Crippen LogP contribution in [0.3, 0.4) is 0 Å². The molecule has 0 aromatic heterocycles. The second kappa shape index (κ2) is 9.98. The van der Waals surface area contributed by atoms with Crippen LogP contribution in [-0.2, 0) is 21.2 Å². The van der Waals surface area contributed by atoms with Gasteiger partial charge in [-0.15, -0.1) is 0 Å². The molecule has 0 saturated carbocycles. The number of rotatable bonds is 10. The molecule has 1 amide bonds. The Morgan fingerprint density at radius 3 is 2.50 bits per heavy atom. The molecule has 8 heteroatoms. The highest BCUT2D eigenvalue weighted by molar-refractivity contribution is 7.92. The van der Waals surface area contributed by atoms with Crippen LogP contribution in [0.15, 0.2) is 48.5 Å². The molecule has 0 aliphatic carbocycles. The van der Waals surface area contributed by atoms with Crippen LogP contribution in [0.5, 0.6) is 11.5 Å². The van der Waals surface area contributed by atoms with Gasteiger partial charge in [-0.3, -0.25) is 9.10 Å². The van der Waals surface area contributed by atoms with Gasteiger partial charge in [0, 0.05) is 12.6 Å². The summed E-state index contributed by atoms with van der Waals surface area (Å²) >= 11 is 0. The fourth-order valence-electron chi connectivity index (χ4n) is 2.77. The molecule has 0 fully saturated rings. The molecule has 0 aliphatic rings. The van der Waals surface area contributed by atoms with Crippen LogP contribution >= 0.6 is 0 Å². The number of sulfonamides is 1. The number of nitrogens with zero attached hydrogens (tertiary/aromatic N) is 1. The largest absolute Gasteiger partial charge is 0.497 e. The predicted molar refractivity (Wildman–Crippen MR) is 110 cm³/mol. The Morgan fingerprint density at radius 2 is 1.82 bits per heavy atom.